The first-order valence-corrected chi connectivity index (χ1v) is 10.3. The summed E-state index contributed by atoms with van der Waals surface area (Å²) in [5, 5.41) is 8.27. The Bertz CT molecular complexity index is 806. The number of rotatable bonds is 5. The predicted molar refractivity (Wildman–Crippen MR) is 109 cm³/mol. The second kappa shape index (κ2) is 8.55. The molecule has 2 aliphatic rings. The number of piperidine rings is 1. The first kappa shape index (κ1) is 18.7. The maximum absolute atomic E-state index is 12.2. The number of aromatic nitrogens is 1. The summed E-state index contributed by atoms with van der Waals surface area (Å²) in [6, 6.07) is 8.02. The molecule has 2 unspecified atom stereocenters. The summed E-state index contributed by atoms with van der Waals surface area (Å²) >= 11 is 6.32. The van der Waals surface area contributed by atoms with E-state index in [1.807, 2.05) is 24.4 Å². The number of carbonyl (C=O) groups is 1. The first-order chi connectivity index (χ1) is 13.2. The molecule has 2 aromatic rings. The number of pyridine rings is 1. The van der Waals surface area contributed by atoms with E-state index in [0.717, 1.165) is 67.9 Å². The van der Waals surface area contributed by atoms with Gasteiger partial charge < -0.3 is 10.6 Å². The van der Waals surface area contributed by atoms with Crippen LogP contribution in [0.15, 0.2) is 30.5 Å². The molecule has 0 radical (unpaired) electrons. The van der Waals surface area contributed by atoms with Gasteiger partial charge in [-0.3, -0.25) is 14.7 Å². The standard InChI is InChI=1S/C21H27ClN4O/c22-18-10-16-5-1-8-24-20(16)17(11-18)14-26-9-3-4-15(13-26)12-25-21(27)19-6-2-7-23-19/h1,5,8,10-11,15,19,23H,2-4,6-7,9,12-14H2,(H,25,27). The van der Waals surface area contributed by atoms with Crippen LogP contribution in [0.4, 0.5) is 0 Å². The fourth-order valence-corrected chi connectivity index (χ4v) is 4.58. The minimum Gasteiger partial charge on any atom is -0.354 e. The van der Waals surface area contributed by atoms with Crippen molar-refractivity contribution in [1.29, 1.82) is 0 Å². The van der Waals surface area contributed by atoms with E-state index in [0.29, 0.717) is 5.92 Å². The Morgan fingerprint density at radius 3 is 3.11 bits per heavy atom. The molecule has 6 heteroatoms. The van der Waals surface area contributed by atoms with E-state index < -0.39 is 0 Å². The van der Waals surface area contributed by atoms with Gasteiger partial charge in [0.25, 0.3) is 0 Å². The fourth-order valence-electron chi connectivity index (χ4n) is 4.33. The van der Waals surface area contributed by atoms with Crippen LogP contribution in [0.1, 0.15) is 31.2 Å². The highest BCUT2D eigenvalue weighted by molar-refractivity contribution is 6.31. The Balaban J connectivity index is 1.37. The largest absolute Gasteiger partial charge is 0.354 e. The van der Waals surface area contributed by atoms with Gasteiger partial charge in [0.15, 0.2) is 0 Å². The van der Waals surface area contributed by atoms with Crippen molar-refractivity contribution in [3.63, 3.8) is 0 Å². The average Bonchev–Trinajstić information content (AvgIpc) is 3.21. The molecule has 0 saturated carbocycles. The molecule has 2 atom stereocenters. The number of hydrogen-bond acceptors (Lipinski definition) is 4. The van der Waals surface area contributed by atoms with Gasteiger partial charge in [-0.1, -0.05) is 17.7 Å². The maximum Gasteiger partial charge on any atom is 0.237 e. The van der Waals surface area contributed by atoms with Gasteiger partial charge in [-0.2, -0.15) is 0 Å². The lowest BCUT2D eigenvalue weighted by molar-refractivity contribution is -0.123. The van der Waals surface area contributed by atoms with E-state index >= 15 is 0 Å². The number of carbonyl (C=O) groups excluding carboxylic acids is 1. The summed E-state index contributed by atoms with van der Waals surface area (Å²) in [6.45, 7) is 4.65. The summed E-state index contributed by atoms with van der Waals surface area (Å²) in [5.41, 5.74) is 2.21. The van der Waals surface area contributed by atoms with Crippen molar-refractivity contribution >= 4 is 28.4 Å². The molecule has 3 heterocycles. The van der Waals surface area contributed by atoms with Gasteiger partial charge in [0.1, 0.15) is 0 Å². The summed E-state index contributed by atoms with van der Waals surface area (Å²) in [4.78, 5) is 19.3. The minimum absolute atomic E-state index is 0.00796. The number of benzene rings is 1. The van der Waals surface area contributed by atoms with Crippen LogP contribution in [-0.4, -0.2) is 48.0 Å². The van der Waals surface area contributed by atoms with E-state index in [-0.39, 0.29) is 11.9 Å². The van der Waals surface area contributed by atoms with Crippen LogP contribution in [0.2, 0.25) is 5.02 Å². The third-order valence-electron chi connectivity index (χ3n) is 5.69. The Morgan fingerprint density at radius 1 is 1.33 bits per heavy atom. The molecule has 0 spiro atoms. The quantitative estimate of drug-likeness (QED) is 0.829. The minimum atomic E-state index is 0.00796. The lowest BCUT2D eigenvalue weighted by atomic mass is 9.97. The van der Waals surface area contributed by atoms with Crippen LogP contribution < -0.4 is 10.6 Å². The second-order valence-electron chi connectivity index (χ2n) is 7.78. The molecule has 1 aromatic carbocycles. The predicted octanol–water partition coefficient (Wildman–Crippen LogP) is 2.97. The van der Waals surface area contributed by atoms with Gasteiger partial charge in [0.05, 0.1) is 11.6 Å². The molecule has 5 nitrogen and oxygen atoms in total. The molecule has 2 N–H and O–H groups in total. The van der Waals surface area contributed by atoms with Crippen molar-refractivity contribution in [3.8, 4) is 0 Å². The van der Waals surface area contributed by atoms with Crippen LogP contribution in [0.3, 0.4) is 0 Å². The van der Waals surface area contributed by atoms with Crippen LogP contribution in [-0.2, 0) is 11.3 Å². The SMILES string of the molecule is O=C(NCC1CCCN(Cc2cc(Cl)cc3cccnc23)C1)C1CCCN1. The summed E-state index contributed by atoms with van der Waals surface area (Å²) in [5.74, 6) is 0.664. The smallest absolute Gasteiger partial charge is 0.237 e. The van der Waals surface area contributed by atoms with Crippen LogP contribution in [0, 0.1) is 5.92 Å². The van der Waals surface area contributed by atoms with Gasteiger partial charge in [0, 0.05) is 36.2 Å². The highest BCUT2D eigenvalue weighted by Crippen LogP contribution is 2.25. The molecular formula is C21H27ClN4O. The van der Waals surface area contributed by atoms with E-state index in [4.69, 9.17) is 11.6 Å². The molecule has 1 aromatic heterocycles. The summed E-state index contributed by atoms with van der Waals surface area (Å²) in [7, 11) is 0. The molecule has 4 rings (SSSR count). The third kappa shape index (κ3) is 4.60. The number of amides is 1. The topological polar surface area (TPSA) is 57.3 Å². The van der Waals surface area contributed by atoms with Crippen molar-refractivity contribution in [3.05, 3.63) is 41.0 Å². The Morgan fingerprint density at radius 2 is 2.26 bits per heavy atom. The van der Waals surface area contributed by atoms with E-state index in [1.54, 1.807) is 0 Å². The van der Waals surface area contributed by atoms with Crippen molar-refractivity contribution in [2.45, 2.75) is 38.3 Å². The highest BCUT2D eigenvalue weighted by atomic mass is 35.5. The van der Waals surface area contributed by atoms with Gasteiger partial charge in [-0.05, 0) is 68.5 Å². The lowest BCUT2D eigenvalue weighted by Gasteiger charge is -2.33. The zero-order valence-electron chi connectivity index (χ0n) is 15.6. The normalized spacial score (nSPS) is 23.6. The molecule has 2 fully saturated rings. The number of nitrogens with one attached hydrogen (secondary N) is 2. The average molecular weight is 387 g/mol. The second-order valence-corrected chi connectivity index (χ2v) is 8.21. The van der Waals surface area contributed by atoms with Crippen LogP contribution >= 0.6 is 11.6 Å². The van der Waals surface area contributed by atoms with E-state index in [2.05, 4.69) is 26.6 Å². The summed E-state index contributed by atoms with van der Waals surface area (Å²) < 4.78 is 0. The van der Waals surface area contributed by atoms with Crippen molar-refractivity contribution < 1.29 is 4.79 Å². The number of fused-ring (bicyclic) bond motifs is 1. The molecule has 0 aliphatic carbocycles. The van der Waals surface area contributed by atoms with E-state index in [1.165, 1.54) is 12.0 Å². The fraction of sp³-hybridized carbons (Fsp3) is 0.524. The zero-order valence-corrected chi connectivity index (χ0v) is 16.3. The highest BCUT2D eigenvalue weighted by Gasteiger charge is 2.25. The Kier molecular flexibility index (Phi) is 5.91. The maximum atomic E-state index is 12.2. The Labute approximate surface area is 165 Å². The van der Waals surface area contributed by atoms with Crippen molar-refractivity contribution in [2.24, 2.45) is 5.92 Å². The van der Waals surface area contributed by atoms with Gasteiger partial charge in [-0.25, -0.2) is 0 Å². The molecule has 144 valence electrons. The van der Waals surface area contributed by atoms with Crippen LogP contribution in [0.25, 0.3) is 10.9 Å². The van der Waals surface area contributed by atoms with Crippen LogP contribution in [0.5, 0.6) is 0 Å². The molecule has 2 aliphatic heterocycles. The molecule has 27 heavy (non-hydrogen) atoms. The van der Waals surface area contributed by atoms with Gasteiger partial charge >= 0.3 is 0 Å². The molecule has 0 bridgehead atoms. The number of hydrogen-bond donors (Lipinski definition) is 2. The van der Waals surface area contributed by atoms with Crippen molar-refractivity contribution in [2.75, 3.05) is 26.2 Å². The number of nitrogens with zero attached hydrogens (tertiary/aromatic N) is 2. The number of halogens is 1. The summed E-state index contributed by atoms with van der Waals surface area (Å²) in [6.07, 6.45) is 6.22. The Hall–Kier alpha value is -1.69. The van der Waals surface area contributed by atoms with E-state index in [9.17, 15) is 4.79 Å². The van der Waals surface area contributed by atoms with Gasteiger partial charge in [0.2, 0.25) is 5.91 Å². The molecule has 1 amide bonds. The monoisotopic (exact) mass is 386 g/mol. The third-order valence-corrected chi connectivity index (χ3v) is 5.91. The van der Waals surface area contributed by atoms with Gasteiger partial charge in [-0.15, -0.1) is 0 Å². The zero-order chi connectivity index (χ0) is 18.6. The van der Waals surface area contributed by atoms with Crippen molar-refractivity contribution in [1.82, 2.24) is 20.5 Å². The molecule has 2 saturated heterocycles. The molecular weight excluding hydrogens is 360 g/mol. The lowest BCUT2D eigenvalue weighted by Crippen LogP contribution is -2.45. The number of likely N-dealkylation sites (tertiary alicyclic amines) is 1. The first-order valence-electron chi connectivity index (χ1n) is 9.95.